The van der Waals surface area contributed by atoms with Crippen LogP contribution in [-0.2, 0) is 0 Å². The van der Waals surface area contributed by atoms with Crippen LogP contribution in [0.3, 0.4) is 0 Å². The Labute approximate surface area is 103 Å². The van der Waals surface area contributed by atoms with Crippen LogP contribution in [0.25, 0.3) is 0 Å². The number of hydrogen-bond donors (Lipinski definition) is 1. The van der Waals surface area contributed by atoms with Gasteiger partial charge in [-0.2, -0.15) is 0 Å². The molecule has 0 radical (unpaired) electrons. The molecular formula is C14H22FNO. The molecular weight excluding hydrogens is 217 g/mol. The van der Waals surface area contributed by atoms with E-state index in [2.05, 4.69) is 12.2 Å². The van der Waals surface area contributed by atoms with Crippen molar-refractivity contribution in [3.05, 3.63) is 29.6 Å². The van der Waals surface area contributed by atoms with Gasteiger partial charge in [0.15, 0.2) is 11.6 Å². The van der Waals surface area contributed by atoms with Crippen LogP contribution in [0.1, 0.15) is 45.2 Å². The minimum Gasteiger partial charge on any atom is -0.490 e. The normalized spacial score (nSPS) is 12.5. The molecule has 0 amide bonds. The van der Waals surface area contributed by atoms with Gasteiger partial charge < -0.3 is 10.1 Å². The van der Waals surface area contributed by atoms with Gasteiger partial charge in [0, 0.05) is 11.6 Å². The van der Waals surface area contributed by atoms with Crippen LogP contribution in [-0.4, -0.2) is 13.2 Å². The summed E-state index contributed by atoms with van der Waals surface area (Å²) in [6, 6.07) is 5.19. The number of halogens is 1. The Morgan fingerprint density at radius 2 is 2.12 bits per heavy atom. The molecule has 17 heavy (non-hydrogen) atoms. The highest BCUT2D eigenvalue weighted by Crippen LogP contribution is 2.28. The maximum absolute atomic E-state index is 13.7. The Balaban J connectivity index is 2.83. The van der Waals surface area contributed by atoms with E-state index in [1.807, 2.05) is 19.9 Å². The zero-order chi connectivity index (χ0) is 12.7. The quantitative estimate of drug-likeness (QED) is 0.733. The molecule has 1 atom stereocenters. The van der Waals surface area contributed by atoms with E-state index in [9.17, 15) is 4.39 Å². The number of unbranched alkanes of at least 4 members (excludes halogenated alkanes) is 1. The van der Waals surface area contributed by atoms with Crippen molar-refractivity contribution in [1.82, 2.24) is 5.32 Å². The van der Waals surface area contributed by atoms with Gasteiger partial charge in [-0.15, -0.1) is 0 Å². The third-order valence-corrected chi connectivity index (χ3v) is 2.72. The van der Waals surface area contributed by atoms with Crippen LogP contribution in [0.2, 0.25) is 0 Å². The number of rotatable bonds is 7. The topological polar surface area (TPSA) is 21.3 Å². The van der Waals surface area contributed by atoms with E-state index in [0.717, 1.165) is 24.9 Å². The van der Waals surface area contributed by atoms with Gasteiger partial charge >= 0.3 is 0 Å². The number of ether oxygens (including phenoxy) is 1. The summed E-state index contributed by atoms with van der Waals surface area (Å²) >= 11 is 0. The Morgan fingerprint density at radius 1 is 1.35 bits per heavy atom. The first-order chi connectivity index (χ1) is 8.20. The fourth-order valence-electron chi connectivity index (χ4n) is 1.75. The van der Waals surface area contributed by atoms with Gasteiger partial charge in [0.1, 0.15) is 0 Å². The summed E-state index contributed by atoms with van der Waals surface area (Å²) in [6.07, 6.45) is 2.00. The van der Waals surface area contributed by atoms with Crippen LogP contribution in [0.4, 0.5) is 4.39 Å². The monoisotopic (exact) mass is 239 g/mol. The Hall–Kier alpha value is -1.09. The molecule has 96 valence electrons. The number of para-hydroxylation sites is 1. The van der Waals surface area contributed by atoms with Crippen molar-refractivity contribution < 1.29 is 9.13 Å². The minimum atomic E-state index is -0.275. The van der Waals surface area contributed by atoms with Gasteiger partial charge in [-0.05, 0) is 26.0 Å². The van der Waals surface area contributed by atoms with Gasteiger partial charge in [-0.3, -0.25) is 0 Å². The van der Waals surface area contributed by atoms with Gasteiger partial charge in [0.05, 0.1) is 6.61 Å². The predicted octanol–water partition coefficient (Wildman–Crippen LogP) is 3.68. The molecule has 1 aromatic rings. The van der Waals surface area contributed by atoms with E-state index in [-0.39, 0.29) is 11.9 Å². The second kappa shape index (κ2) is 7.28. The zero-order valence-corrected chi connectivity index (χ0v) is 10.9. The molecule has 0 aliphatic rings. The molecule has 0 bridgehead atoms. The second-order valence-electron chi connectivity index (χ2n) is 4.14. The summed E-state index contributed by atoms with van der Waals surface area (Å²) in [5, 5.41) is 3.27. The van der Waals surface area contributed by atoms with Crippen molar-refractivity contribution >= 4 is 0 Å². The number of nitrogens with one attached hydrogen (secondary N) is 1. The molecule has 1 aromatic carbocycles. The lowest BCUT2D eigenvalue weighted by molar-refractivity contribution is 0.288. The SMILES string of the molecule is CCCCOc1c(F)cccc1C(C)NCC. The molecule has 0 aliphatic heterocycles. The first-order valence-electron chi connectivity index (χ1n) is 6.35. The second-order valence-corrected chi connectivity index (χ2v) is 4.14. The average molecular weight is 239 g/mol. The van der Waals surface area contributed by atoms with Crippen LogP contribution < -0.4 is 10.1 Å². The van der Waals surface area contributed by atoms with Crippen molar-refractivity contribution in [2.45, 2.75) is 39.7 Å². The molecule has 3 heteroatoms. The zero-order valence-electron chi connectivity index (χ0n) is 10.9. The average Bonchev–Trinajstić information content (AvgIpc) is 2.31. The molecule has 0 saturated carbocycles. The molecule has 0 spiro atoms. The molecule has 0 fully saturated rings. The lowest BCUT2D eigenvalue weighted by Gasteiger charge is -2.18. The van der Waals surface area contributed by atoms with E-state index < -0.39 is 0 Å². The highest BCUT2D eigenvalue weighted by atomic mass is 19.1. The summed E-state index contributed by atoms with van der Waals surface area (Å²) in [4.78, 5) is 0. The minimum absolute atomic E-state index is 0.104. The van der Waals surface area contributed by atoms with E-state index >= 15 is 0 Å². The summed E-state index contributed by atoms with van der Waals surface area (Å²) in [7, 11) is 0. The van der Waals surface area contributed by atoms with Gasteiger partial charge in [0.25, 0.3) is 0 Å². The largest absolute Gasteiger partial charge is 0.490 e. The molecule has 1 rings (SSSR count). The maximum atomic E-state index is 13.7. The van der Waals surface area contributed by atoms with Crippen LogP contribution in [0, 0.1) is 5.82 Å². The molecule has 1 unspecified atom stereocenters. The third-order valence-electron chi connectivity index (χ3n) is 2.72. The van der Waals surface area contributed by atoms with Crippen molar-refractivity contribution in [3.8, 4) is 5.75 Å². The number of hydrogen-bond acceptors (Lipinski definition) is 2. The van der Waals surface area contributed by atoms with Crippen LogP contribution in [0.5, 0.6) is 5.75 Å². The van der Waals surface area contributed by atoms with E-state index in [1.165, 1.54) is 6.07 Å². The summed E-state index contributed by atoms with van der Waals surface area (Å²) < 4.78 is 19.3. The van der Waals surface area contributed by atoms with Crippen LogP contribution >= 0.6 is 0 Å². The van der Waals surface area contributed by atoms with E-state index in [4.69, 9.17) is 4.74 Å². The lowest BCUT2D eigenvalue weighted by atomic mass is 10.1. The maximum Gasteiger partial charge on any atom is 0.165 e. The molecule has 2 nitrogen and oxygen atoms in total. The summed E-state index contributed by atoms with van der Waals surface area (Å²) in [5.41, 5.74) is 0.892. The first-order valence-corrected chi connectivity index (χ1v) is 6.35. The van der Waals surface area contributed by atoms with Crippen molar-refractivity contribution in [1.29, 1.82) is 0 Å². The summed E-state index contributed by atoms with van der Waals surface area (Å²) in [5.74, 6) is 0.123. The van der Waals surface area contributed by atoms with Gasteiger partial charge in [-0.1, -0.05) is 32.4 Å². The third kappa shape index (κ3) is 4.00. The molecule has 0 saturated heterocycles. The predicted molar refractivity (Wildman–Crippen MR) is 68.9 cm³/mol. The first kappa shape index (κ1) is 14.0. The van der Waals surface area contributed by atoms with Crippen molar-refractivity contribution in [3.63, 3.8) is 0 Å². The number of benzene rings is 1. The summed E-state index contributed by atoms with van der Waals surface area (Å²) in [6.45, 7) is 7.57. The lowest BCUT2D eigenvalue weighted by Crippen LogP contribution is -2.19. The van der Waals surface area contributed by atoms with Crippen LogP contribution in [0.15, 0.2) is 18.2 Å². The highest BCUT2D eigenvalue weighted by Gasteiger charge is 2.14. The van der Waals surface area contributed by atoms with Gasteiger partial charge in [-0.25, -0.2) is 4.39 Å². The van der Waals surface area contributed by atoms with E-state index in [1.54, 1.807) is 6.07 Å². The Morgan fingerprint density at radius 3 is 2.76 bits per heavy atom. The fourth-order valence-corrected chi connectivity index (χ4v) is 1.75. The Bertz CT molecular complexity index is 341. The molecule has 0 aliphatic carbocycles. The van der Waals surface area contributed by atoms with Crippen molar-refractivity contribution in [2.24, 2.45) is 0 Å². The molecule has 0 aromatic heterocycles. The fraction of sp³-hybridized carbons (Fsp3) is 0.571. The van der Waals surface area contributed by atoms with Gasteiger partial charge in [0.2, 0.25) is 0 Å². The van der Waals surface area contributed by atoms with E-state index in [0.29, 0.717) is 12.4 Å². The standard InChI is InChI=1S/C14H22FNO/c1-4-6-10-17-14-12(11(3)16-5-2)8-7-9-13(14)15/h7-9,11,16H,4-6,10H2,1-3H3. The Kier molecular flexibility index (Phi) is 5.98. The highest BCUT2D eigenvalue weighted by molar-refractivity contribution is 5.37. The smallest absolute Gasteiger partial charge is 0.165 e. The van der Waals surface area contributed by atoms with Crippen molar-refractivity contribution in [2.75, 3.05) is 13.2 Å². The molecule has 1 N–H and O–H groups in total. The molecule has 0 heterocycles.